The largest absolute Gasteiger partial charge is 0.416 e. The van der Waals surface area contributed by atoms with Crippen molar-refractivity contribution < 1.29 is 22.8 Å². The van der Waals surface area contributed by atoms with Crippen molar-refractivity contribution in [3.8, 4) is 0 Å². The molecular weight excluding hydrogens is 381 g/mol. The SMILES string of the molecule is O=C(CCC(=O)N1CCN(Cc2ccc(C(F)(F)F)cc2)CC1)c1ccccc1. The van der Waals surface area contributed by atoms with E-state index in [2.05, 4.69) is 4.90 Å². The molecule has 0 spiro atoms. The van der Waals surface area contributed by atoms with Crippen LogP contribution in [-0.4, -0.2) is 47.7 Å². The molecule has 1 saturated heterocycles. The highest BCUT2D eigenvalue weighted by atomic mass is 19.4. The van der Waals surface area contributed by atoms with E-state index in [-0.39, 0.29) is 24.5 Å². The van der Waals surface area contributed by atoms with Crippen LogP contribution in [0.2, 0.25) is 0 Å². The van der Waals surface area contributed by atoms with E-state index in [0.717, 1.165) is 17.7 Å². The van der Waals surface area contributed by atoms with Crippen LogP contribution in [0, 0.1) is 0 Å². The highest BCUT2D eigenvalue weighted by Gasteiger charge is 2.30. The van der Waals surface area contributed by atoms with Crippen LogP contribution in [0.5, 0.6) is 0 Å². The predicted octanol–water partition coefficient (Wildman–Crippen LogP) is 4.01. The lowest BCUT2D eigenvalue weighted by Crippen LogP contribution is -2.48. The summed E-state index contributed by atoms with van der Waals surface area (Å²) in [7, 11) is 0. The van der Waals surface area contributed by atoms with Crippen LogP contribution in [0.15, 0.2) is 54.6 Å². The molecule has 0 N–H and O–H groups in total. The molecule has 0 bridgehead atoms. The highest BCUT2D eigenvalue weighted by molar-refractivity contribution is 5.97. The van der Waals surface area contributed by atoms with E-state index in [9.17, 15) is 22.8 Å². The lowest BCUT2D eigenvalue weighted by molar-refractivity contribution is -0.137. The molecule has 7 heteroatoms. The first kappa shape index (κ1) is 21.0. The molecule has 0 atom stereocenters. The lowest BCUT2D eigenvalue weighted by Gasteiger charge is -2.34. The van der Waals surface area contributed by atoms with Gasteiger partial charge in [-0.05, 0) is 17.7 Å². The second-order valence-corrected chi connectivity index (χ2v) is 7.14. The fourth-order valence-electron chi connectivity index (χ4n) is 3.36. The number of ketones is 1. The van der Waals surface area contributed by atoms with Gasteiger partial charge in [0.1, 0.15) is 0 Å². The van der Waals surface area contributed by atoms with Gasteiger partial charge in [0.05, 0.1) is 5.56 Å². The minimum absolute atomic E-state index is 0.0385. The number of amides is 1. The van der Waals surface area contributed by atoms with Gasteiger partial charge in [-0.1, -0.05) is 42.5 Å². The van der Waals surface area contributed by atoms with E-state index < -0.39 is 11.7 Å². The maximum absolute atomic E-state index is 12.6. The zero-order valence-corrected chi connectivity index (χ0v) is 16.0. The average Bonchev–Trinajstić information content (AvgIpc) is 2.72. The molecule has 4 nitrogen and oxygen atoms in total. The van der Waals surface area contributed by atoms with Crippen LogP contribution in [-0.2, 0) is 17.5 Å². The normalized spacial score (nSPS) is 15.3. The van der Waals surface area contributed by atoms with Gasteiger partial charge in [-0.25, -0.2) is 0 Å². The molecule has 2 aromatic rings. The van der Waals surface area contributed by atoms with E-state index in [1.54, 1.807) is 29.2 Å². The minimum atomic E-state index is -4.33. The lowest BCUT2D eigenvalue weighted by atomic mass is 10.1. The van der Waals surface area contributed by atoms with Gasteiger partial charge in [-0.3, -0.25) is 14.5 Å². The zero-order chi connectivity index (χ0) is 20.9. The number of Topliss-reactive ketones (excluding diaryl/α,β-unsaturated/α-hetero) is 1. The van der Waals surface area contributed by atoms with Crippen LogP contribution in [0.4, 0.5) is 13.2 Å². The van der Waals surface area contributed by atoms with Gasteiger partial charge in [-0.2, -0.15) is 13.2 Å². The van der Waals surface area contributed by atoms with Crippen molar-refractivity contribution >= 4 is 11.7 Å². The molecule has 0 aromatic heterocycles. The smallest absolute Gasteiger partial charge is 0.340 e. The summed E-state index contributed by atoms with van der Waals surface area (Å²) in [5.41, 5.74) is 0.773. The molecule has 0 saturated carbocycles. The van der Waals surface area contributed by atoms with Crippen molar-refractivity contribution in [1.82, 2.24) is 9.80 Å². The molecule has 0 unspecified atom stereocenters. The minimum Gasteiger partial charge on any atom is -0.340 e. The second-order valence-electron chi connectivity index (χ2n) is 7.14. The number of piperazine rings is 1. The number of halogens is 3. The number of hydrogen-bond donors (Lipinski definition) is 0. The van der Waals surface area contributed by atoms with Crippen LogP contribution in [0.1, 0.15) is 34.3 Å². The van der Waals surface area contributed by atoms with Crippen LogP contribution < -0.4 is 0 Å². The Morgan fingerprint density at radius 2 is 1.45 bits per heavy atom. The third-order valence-corrected chi connectivity index (χ3v) is 5.07. The summed E-state index contributed by atoms with van der Waals surface area (Å²) in [5, 5.41) is 0. The van der Waals surface area contributed by atoms with E-state index in [1.165, 1.54) is 12.1 Å². The van der Waals surface area contributed by atoms with Gasteiger partial charge in [-0.15, -0.1) is 0 Å². The fourth-order valence-corrected chi connectivity index (χ4v) is 3.36. The van der Waals surface area contributed by atoms with Gasteiger partial charge in [0.25, 0.3) is 0 Å². The Morgan fingerprint density at radius 3 is 2.03 bits per heavy atom. The number of carbonyl (C=O) groups is 2. The summed E-state index contributed by atoms with van der Waals surface area (Å²) < 4.78 is 37.9. The van der Waals surface area contributed by atoms with Gasteiger partial charge in [0, 0.05) is 51.1 Å². The molecule has 2 aromatic carbocycles. The summed E-state index contributed by atoms with van der Waals surface area (Å²) in [6, 6.07) is 14.1. The fraction of sp³-hybridized carbons (Fsp3) is 0.364. The summed E-state index contributed by atoms with van der Waals surface area (Å²) in [6.45, 7) is 2.96. The maximum atomic E-state index is 12.6. The van der Waals surface area contributed by atoms with Gasteiger partial charge in [0.2, 0.25) is 5.91 Å². The Morgan fingerprint density at radius 1 is 0.828 bits per heavy atom. The van der Waals surface area contributed by atoms with Crippen LogP contribution in [0.3, 0.4) is 0 Å². The van der Waals surface area contributed by atoms with E-state index >= 15 is 0 Å². The monoisotopic (exact) mass is 404 g/mol. The summed E-state index contributed by atoms with van der Waals surface area (Å²) in [4.78, 5) is 28.4. The molecule has 154 valence electrons. The van der Waals surface area contributed by atoms with E-state index in [4.69, 9.17) is 0 Å². The van der Waals surface area contributed by atoms with Crippen molar-refractivity contribution in [3.05, 3.63) is 71.3 Å². The first-order valence-electron chi connectivity index (χ1n) is 9.57. The molecule has 3 rings (SSSR count). The van der Waals surface area contributed by atoms with Crippen molar-refractivity contribution in [1.29, 1.82) is 0 Å². The molecule has 1 heterocycles. The topological polar surface area (TPSA) is 40.6 Å². The third-order valence-electron chi connectivity index (χ3n) is 5.07. The van der Waals surface area contributed by atoms with Crippen LogP contribution in [0.25, 0.3) is 0 Å². The summed E-state index contributed by atoms with van der Waals surface area (Å²) >= 11 is 0. The molecule has 0 aliphatic carbocycles. The van der Waals surface area contributed by atoms with E-state index in [0.29, 0.717) is 38.3 Å². The van der Waals surface area contributed by atoms with Crippen molar-refractivity contribution in [2.75, 3.05) is 26.2 Å². The molecule has 1 aliphatic heterocycles. The summed E-state index contributed by atoms with van der Waals surface area (Å²) in [5.74, 6) is -0.0802. The number of carbonyl (C=O) groups excluding carboxylic acids is 2. The van der Waals surface area contributed by atoms with Crippen molar-refractivity contribution in [2.24, 2.45) is 0 Å². The quantitative estimate of drug-likeness (QED) is 0.683. The number of benzene rings is 2. The Bertz CT molecular complexity index is 827. The molecule has 1 aliphatic rings. The zero-order valence-electron chi connectivity index (χ0n) is 16.0. The third kappa shape index (κ3) is 5.90. The number of rotatable bonds is 6. The Hall–Kier alpha value is -2.67. The van der Waals surface area contributed by atoms with Crippen LogP contribution >= 0.6 is 0 Å². The Labute approximate surface area is 167 Å². The molecule has 0 radical (unpaired) electrons. The average molecular weight is 404 g/mol. The van der Waals surface area contributed by atoms with Gasteiger partial charge in [0.15, 0.2) is 5.78 Å². The van der Waals surface area contributed by atoms with Gasteiger partial charge >= 0.3 is 6.18 Å². The standard InChI is InChI=1S/C22H23F3N2O2/c23-22(24,25)19-8-6-17(7-9-19)16-26-12-14-27(15-13-26)21(29)11-10-20(28)18-4-2-1-3-5-18/h1-9H,10-16H2. The maximum Gasteiger partial charge on any atom is 0.416 e. The number of nitrogens with zero attached hydrogens (tertiary/aromatic N) is 2. The first-order valence-corrected chi connectivity index (χ1v) is 9.57. The molecule has 1 amide bonds. The Balaban J connectivity index is 1.43. The van der Waals surface area contributed by atoms with Gasteiger partial charge < -0.3 is 4.90 Å². The Kier molecular flexibility index (Phi) is 6.69. The highest BCUT2D eigenvalue weighted by Crippen LogP contribution is 2.29. The molecule has 29 heavy (non-hydrogen) atoms. The molecule has 1 fully saturated rings. The first-order chi connectivity index (χ1) is 13.8. The van der Waals surface area contributed by atoms with E-state index in [1.807, 2.05) is 6.07 Å². The summed E-state index contributed by atoms with van der Waals surface area (Å²) in [6.07, 6.45) is -3.95. The molecular formula is C22H23F3N2O2. The number of alkyl halides is 3. The second kappa shape index (κ2) is 9.22. The van der Waals surface area contributed by atoms with Crippen molar-refractivity contribution in [3.63, 3.8) is 0 Å². The number of hydrogen-bond acceptors (Lipinski definition) is 3. The predicted molar refractivity (Wildman–Crippen MR) is 103 cm³/mol. The van der Waals surface area contributed by atoms with Crippen molar-refractivity contribution in [2.45, 2.75) is 25.6 Å².